The number of aromatic nitrogens is 4. The van der Waals surface area contributed by atoms with E-state index in [1.165, 1.54) is 14.2 Å². The molecule has 8 rings (SSSR count). The van der Waals surface area contributed by atoms with E-state index in [4.69, 9.17) is 28.9 Å². The highest BCUT2D eigenvalue weighted by molar-refractivity contribution is 5.87. The molecule has 63 heavy (non-hydrogen) atoms. The Morgan fingerprint density at radius 3 is 1.57 bits per heavy atom. The fourth-order valence-corrected chi connectivity index (χ4v) is 9.83. The normalized spacial score (nSPS) is 23.0. The first kappa shape index (κ1) is 43.8. The van der Waals surface area contributed by atoms with Crippen LogP contribution in [0.15, 0.2) is 54.7 Å². The van der Waals surface area contributed by atoms with Crippen LogP contribution in [-0.2, 0) is 28.5 Å². The molecule has 2 aromatic heterocycles. The van der Waals surface area contributed by atoms with Crippen molar-refractivity contribution < 1.29 is 42.5 Å². The summed E-state index contributed by atoms with van der Waals surface area (Å²) in [4.78, 5) is 72.4. The van der Waals surface area contributed by atoms with Gasteiger partial charge >= 0.3 is 12.2 Å². The van der Waals surface area contributed by atoms with Gasteiger partial charge in [0.25, 0.3) is 0 Å². The van der Waals surface area contributed by atoms with E-state index in [2.05, 4.69) is 20.6 Å². The summed E-state index contributed by atoms with van der Waals surface area (Å²) in [5, 5.41) is 5.59. The van der Waals surface area contributed by atoms with E-state index >= 15 is 4.39 Å². The molecule has 336 valence electrons. The number of hydrogen-bond donors (Lipinski definition) is 4. The Hall–Kier alpha value is -5.81. The molecule has 4 N–H and O–H groups in total. The third-order valence-corrected chi connectivity index (χ3v) is 13.3. The fraction of sp³-hybridized carbons (Fsp3) is 0.522. The van der Waals surface area contributed by atoms with Crippen molar-refractivity contribution in [1.82, 2.24) is 40.4 Å². The molecule has 0 saturated carbocycles. The van der Waals surface area contributed by atoms with Gasteiger partial charge in [0, 0.05) is 55.8 Å². The predicted octanol–water partition coefficient (Wildman–Crippen LogP) is 6.68. The standard InChI is InChI=1S/C46H57FN8O8/c1-26-5-15-35(54(26)43(56)38(51-45(58)60-3)32-17-21-62-22-18-32)41-48-25-34(49-41)30-11-7-28(8-12-30)29-9-13-31(14-10-29)37-40(47)53-42(50-37)36-16-6-27(2)55(36)44(57)39(52-46(59)61-4)33-19-23-63-24-20-33/h7-14,25-27,32-33,35-36,38-39H,5-6,15-24H2,1-4H3,(H,48,49)(H,50,53)(H,51,58)(H,52,59)/t26-,27-,35-,36-,38-,39-/m0/s1. The van der Waals surface area contributed by atoms with Gasteiger partial charge in [0.15, 0.2) is 0 Å². The highest BCUT2D eigenvalue weighted by Gasteiger charge is 2.45. The van der Waals surface area contributed by atoms with Crippen molar-refractivity contribution in [3.63, 3.8) is 0 Å². The van der Waals surface area contributed by atoms with Crippen molar-refractivity contribution in [1.29, 1.82) is 0 Å². The Morgan fingerprint density at radius 2 is 1.10 bits per heavy atom. The first-order chi connectivity index (χ1) is 30.5. The summed E-state index contributed by atoms with van der Waals surface area (Å²) in [5.74, 6) is -0.0884. The number of ether oxygens (including phenoxy) is 4. The van der Waals surface area contributed by atoms with Crippen LogP contribution in [0.2, 0.25) is 0 Å². The number of nitrogens with zero attached hydrogens (tertiary/aromatic N) is 4. The quantitative estimate of drug-likeness (QED) is 0.126. The minimum absolute atomic E-state index is 0.0363. The number of hydrogen-bond acceptors (Lipinski definition) is 10. The smallest absolute Gasteiger partial charge is 0.407 e. The van der Waals surface area contributed by atoms with Gasteiger partial charge in [-0.1, -0.05) is 48.5 Å². The van der Waals surface area contributed by atoms with Crippen LogP contribution in [0.4, 0.5) is 14.0 Å². The largest absolute Gasteiger partial charge is 0.453 e. The molecule has 0 spiro atoms. The monoisotopic (exact) mass is 868 g/mol. The summed E-state index contributed by atoms with van der Waals surface area (Å²) in [5.41, 5.74) is 4.28. The second-order valence-electron chi connectivity index (χ2n) is 17.1. The van der Waals surface area contributed by atoms with Crippen molar-refractivity contribution >= 4 is 24.0 Å². The van der Waals surface area contributed by atoms with Crippen LogP contribution in [0, 0.1) is 17.8 Å². The molecular weight excluding hydrogens is 812 g/mol. The SMILES string of the molecule is COC(=O)N[C@H](C(=O)N1[C@@H](C)CC[C@H]1c1nc(-c2ccc(-c3ccc(-c4nc([C@@H]5CC[C@H](C)N5C(=O)[C@@H](NC(=O)OC)C5CCOCC5)[nH]c4F)cc3)cc2)c[nH]1)C1CCOCC1. The Kier molecular flexibility index (Phi) is 13.4. The van der Waals surface area contributed by atoms with Gasteiger partial charge in [0.2, 0.25) is 17.8 Å². The van der Waals surface area contributed by atoms with Crippen molar-refractivity contribution in [2.75, 3.05) is 40.6 Å². The topological polar surface area (TPSA) is 193 Å². The number of halogens is 1. The van der Waals surface area contributed by atoms with E-state index < -0.39 is 36.3 Å². The molecule has 0 unspecified atom stereocenters. The molecule has 17 heteroatoms. The lowest BCUT2D eigenvalue weighted by atomic mass is 9.90. The number of likely N-dealkylation sites (tertiary alicyclic amines) is 2. The molecule has 4 fully saturated rings. The van der Waals surface area contributed by atoms with Crippen molar-refractivity contribution in [2.45, 2.75) is 101 Å². The summed E-state index contributed by atoms with van der Waals surface area (Å²) in [6.45, 7) is 6.07. The number of alkyl carbamates (subject to hydrolysis) is 2. The molecular formula is C46H57FN8O8. The molecule has 6 atom stereocenters. The molecule has 0 aliphatic carbocycles. The third-order valence-electron chi connectivity index (χ3n) is 13.3. The van der Waals surface area contributed by atoms with Crippen LogP contribution in [-0.4, -0.2) is 119 Å². The second kappa shape index (κ2) is 19.3. The van der Waals surface area contributed by atoms with E-state index in [1.54, 1.807) is 4.90 Å². The molecule has 4 aliphatic heterocycles. The van der Waals surface area contributed by atoms with Gasteiger partial charge in [-0.25, -0.2) is 19.6 Å². The van der Waals surface area contributed by atoms with Gasteiger partial charge in [-0.3, -0.25) is 9.59 Å². The molecule has 2 aromatic carbocycles. The number of aromatic amines is 2. The minimum atomic E-state index is -0.800. The second-order valence-corrected chi connectivity index (χ2v) is 17.1. The van der Waals surface area contributed by atoms with Crippen molar-refractivity contribution in [2.24, 2.45) is 11.8 Å². The molecule has 6 heterocycles. The molecule has 4 aliphatic rings. The minimum Gasteiger partial charge on any atom is -0.453 e. The van der Waals surface area contributed by atoms with Crippen LogP contribution < -0.4 is 10.6 Å². The molecule has 0 bridgehead atoms. The number of H-pyrrole nitrogens is 2. The van der Waals surface area contributed by atoms with Crippen LogP contribution in [0.3, 0.4) is 0 Å². The number of rotatable bonds is 11. The zero-order valence-corrected chi connectivity index (χ0v) is 36.2. The number of imidazole rings is 2. The van der Waals surface area contributed by atoms with Gasteiger partial charge in [0.05, 0.1) is 32.0 Å². The maximum Gasteiger partial charge on any atom is 0.407 e. The van der Waals surface area contributed by atoms with Gasteiger partial charge in [-0.05, 0) is 88.2 Å². The van der Waals surface area contributed by atoms with Gasteiger partial charge in [-0.2, -0.15) is 4.39 Å². The maximum absolute atomic E-state index is 15.7. The third kappa shape index (κ3) is 9.30. The average Bonchev–Trinajstić information content (AvgIpc) is 4.13. The fourth-order valence-electron chi connectivity index (χ4n) is 9.83. The summed E-state index contributed by atoms with van der Waals surface area (Å²) in [7, 11) is 2.57. The Balaban J connectivity index is 0.946. The van der Waals surface area contributed by atoms with Gasteiger partial charge < -0.3 is 49.3 Å². The van der Waals surface area contributed by atoms with Crippen LogP contribution in [0.5, 0.6) is 0 Å². The first-order valence-corrected chi connectivity index (χ1v) is 22.0. The van der Waals surface area contributed by atoms with Gasteiger partial charge in [-0.15, -0.1) is 0 Å². The van der Waals surface area contributed by atoms with Crippen LogP contribution in [0.1, 0.15) is 88.9 Å². The van der Waals surface area contributed by atoms with E-state index in [1.807, 2.05) is 73.5 Å². The number of methoxy groups -OCH3 is 2. The lowest BCUT2D eigenvalue weighted by Gasteiger charge is -2.36. The lowest BCUT2D eigenvalue weighted by Crippen LogP contribution is -2.54. The number of benzene rings is 2. The van der Waals surface area contributed by atoms with Crippen LogP contribution in [0.25, 0.3) is 33.6 Å². The Bertz CT molecular complexity index is 2240. The zero-order chi connectivity index (χ0) is 44.2. The number of carbonyl (C=O) groups is 4. The molecule has 4 saturated heterocycles. The van der Waals surface area contributed by atoms with E-state index in [-0.39, 0.29) is 47.5 Å². The van der Waals surface area contributed by atoms with E-state index in [9.17, 15) is 19.2 Å². The van der Waals surface area contributed by atoms with Crippen molar-refractivity contribution in [3.8, 4) is 33.6 Å². The van der Waals surface area contributed by atoms with Crippen LogP contribution >= 0.6 is 0 Å². The van der Waals surface area contributed by atoms with Crippen molar-refractivity contribution in [3.05, 3.63) is 72.3 Å². The molecule has 4 amide bonds. The average molecular weight is 869 g/mol. The Morgan fingerprint density at radius 1 is 0.651 bits per heavy atom. The number of nitrogens with one attached hydrogen (secondary N) is 4. The highest BCUT2D eigenvalue weighted by atomic mass is 19.1. The first-order valence-electron chi connectivity index (χ1n) is 22.0. The predicted molar refractivity (Wildman–Crippen MR) is 229 cm³/mol. The van der Waals surface area contributed by atoms with E-state index in [0.29, 0.717) is 82.2 Å². The van der Waals surface area contributed by atoms with E-state index in [0.717, 1.165) is 35.2 Å². The summed E-state index contributed by atoms with van der Waals surface area (Å²) < 4.78 is 36.5. The molecule has 4 aromatic rings. The summed E-state index contributed by atoms with van der Waals surface area (Å²) in [6, 6.07) is 13.0. The summed E-state index contributed by atoms with van der Waals surface area (Å²) >= 11 is 0. The highest BCUT2D eigenvalue weighted by Crippen LogP contribution is 2.40. The lowest BCUT2D eigenvalue weighted by molar-refractivity contribution is -0.139. The molecule has 0 radical (unpaired) electrons. The Labute approximate surface area is 366 Å². The summed E-state index contributed by atoms with van der Waals surface area (Å²) in [6.07, 6.45) is 5.98. The number of amides is 4. The zero-order valence-electron chi connectivity index (χ0n) is 36.2. The number of carbonyl (C=O) groups excluding carboxylic acids is 4. The van der Waals surface area contributed by atoms with Gasteiger partial charge in [0.1, 0.15) is 29.4 Å². The maximum atomic E-state index is 15.7. The molecule has 16 nitrogen and oxygen atoms in total.